The van der Waals surface area contributed by atoms with E-state index >= 15 is 0 Å². The van der Waals surface area contributed by atoms with Crippen molar-refractivity contribution in [2.24, 2.45) is 0 Å². The SMILES string of the molecule is COC(=O)CCCCC(=O)CCC(=O)O. The minimum absolute atomic E-state index is 0.0673. The number of Topliss-reactive ketones (excluding diaryl/α,β-unsaturated/α-hetero) is 1. The van der Waals surface area contributed by atoms with Gasteiger partial charge in [0.25, 0.3) is 0 Å². The first-order valence-electron chi connectivity index (χ1n) is 4.86. The van der Waals surface area contributed by atoms with Gasteiger partial charge in [0.1, 0.15) is 5.78 Å². The minimum atomic E-state index is -0.960. The van der Waals surface area contributed by atoms with Crippen LogP contribution in [0.15, 0.2) is 0 Å². The van der Waals surface area contributed by atoms with Crippen LogP contribution in [0.2, 0.25) is 0 Å². The maximum absolute atomic E-state index is 11.1. The van der Waals surface area contributed by atoms with Gasteiger partial charge in [0.05, 0.1) is 13.5 Å². The van der Waals surface area contributed by atoms with Gasteiger partial charge in [-0.25, -0.2) is 0 Å². The quantitative estimate of drug-likeness (QED) is 0.486. The van der Waals surface area contributed by atoms with Gasteiger partial charge in [-0.15, -0.1) is 0 Å². The molecule has 0 unspecified atom stereocenters. The number of carbonyl (C=O) groups is 3. The zero-order valence-corrected chi connectivity index (χ0v) is 8.82. The molecule has 0 spiro atoms. The molecule has 0 aromatic heterocycles. The predicted octanol–water partition coefficient (Wildman–Crippen LogP) is 1.15. The van der Waals surface area contributed by atoms with Gasteiger partial charge in [0, 0.05) is 19.3 Å². The van der Waals surface area contributed by atoms with E-state index in [1.165, 1.54) is 7.11 Å². The number of ketones is 1. The second-order valence-electron chi connectivity index (χ2n) is 3.22. The Labute approximate surface area is 88.4 Å². The molecule has 15 heavy (non-hydrogen) atoms. The van der Waals surface area contributed by atoms with Crippen LogP contribution < -0.4 is 0 Å². The van der Waals surface area contributed by atoms with E-state index in [1.807, 2.05) is 0 Å². The molecule has 0 aromatic carbocycles. The van der Waals surface area contributed by atoms with E-state index in [9.17, 15) is 14.4 Å². The van der Waals surface area contributed by atoms with Crippen molar-refractivity contribution in [3.8, 4) is 0 Å². The lowest BCUT2D eigenvalue weighted by Crippen LogP contribution is -2.04. The summed E-state index contributed by atoms with van der Waals surface area (Å²) in [5, 5.41) is 8.33. The molecule has 5 heteroatoms. The predicted molar refractivity (Wildman–Crippen MR) is 52.4 cm³/mol. The van der Waals surface area contributed by atoms with Crippen LogP contribution in [0, 0.1) is 0 Å². The number of hydrogen-bond acceptors (Lipinski definition) is 4. The van der Waals surface area contributed by atoms with Crippen LogP contribution >= 0.6 is 0 Å². The highest BCUT2D eigenvalue weighted by atomic mass is 16.5. The first-order valence-corrected chi connectivity index (χ1v) is 4.86. The maximum Gasteiger partial charge on any atom is 0.305 e. The van der Waals surface area contributed by atoms with Crippen LogP contribution in [0.25, 0.3) is 0 Å². The number of hydrogen-bond donors (Lipinski definition) is 1. The van der Waals surface area contributed by atoms with E-state index in [1.54, 1.807) is 0 Å². The standard InChI is InChI=1S/C10H16O5/c1-15-10(14)5-3-2-4-8(11)6-7-9(12)13/h2-7H2,1H3,(H,12,13). The third-order valence-corrected chi connectivity index (χ3v) is 1.93. The van der Waals surface area contributed by atoms with Crippen LogP contribution in [-0.2, 0) is 19.1 Å². The average Bonchev–Trinajstić information content (AvgIpc) is 2.21. The Bertz CT molecular complexity index is 234. The fraction of sp³-hybridized carbons (Fsp3) is 0.700. The van der Waals surface area contributed by atoms with Gasteiger partial charge >= 0.3 is 11.9 Å². The largest absolute Gasteiger partial charge is 0.481 e. The summed E-state index contributed by atoms with van der Waals surface area (Å²) in [7, 11) is 1.32. The average molecular weight is 216 g/mol. The van der Waals surface area contributed by atoms with Crippen molar-refractivity contribution in [3.63, 3.8) is 0 Å². The smallest absolute Gasteiger partial charge is 0.305 e. The summed E-state index contributed by atoms with van der Waals surface area (Å²) in [5.41, 5.74) is 0. The molecule has 0 amide bonds. The molecule has 1 N–H and O–H groups in total. The molecule has 0 heterocycles. The Hall–Kier alpha value is -1.39. The first-order chi connectivity index (χ1) is 7.06. The van der Waals surface area contributed by atoms with Gasteiger partial charge < -0.3 is 9.84 Å². The number of unbranched alkanes of at least 4 members (excludes halogenated alkanes) is 1. The van der Waals surface area contributed by atoms with E-state index in [0.29, 0.717) is 25.7 Å². The van der Waals surface area contributed by atoms with E-state index in [0.717, 1.165) is 0 Å². The highest BCUT2D eigenvalue weighted by Crippen LogP contribution is 2.04. The van der Waals surface area contributed by atoms with Gasteiger partial charge in [-0.1, -0.05) is 0 Å². The molecule has 0 fully saturated rings. The second-order valence-corrected chi connectivity index (χ2v) is 3.22. The molecule has 0 atom stereocenters. The Kier molecular flexibility index (Phi) is 7.23. The highest BCUT2D eigenvalue weighted by Gasteiger charge is 2.06. The zero-order valence-electron chi connectivity index (χ0n) is 8.82. The number of rotatable bonds is 8. The summed E-state index contributed by atoms with van der Waals surface area (Å²) in [5.74, 6) is -1.31. The van der Waals surface area contributed by atoms with Crippen LogP contribution in [0.4, 0.5) is 0 Å². The molecule has 0 rings (SSSR count). The van der Waals surface area contributed by atoms with E-state index in [4.69, 9.17) is 5.11 Å². The molecule has 0 saturated carbocycles. The number of carboxylic acid groups (broad SMARTS) is 1. The molecule has 0 aromatic rings. The first kappa shape index (κ1) is 13.6. The molecule has 0 aliphatic heterocycles. The molecular formula is C10H16O5. The fourth-order valence-corrected chi connectivity index (χ4v) is 1.06. The lowest BCUT2D eigenvalue weighted by molar-refractivity contribution is -0.140. The Balaban J connectivity index is 3.39. The second kappa shape index (κ2) is 7.96. The molecule has 0 aliphatic rings. The molecule has 5 nitrogen and oxygen atoms in total. The molecule has 0 bridgehead atoms. The third-order valence-electron chi connectivity index (χ3n) is 1.93. The van der Waals surface area contributed by atoms with Gasteiger partial charge in [-0.05, 0) is 12.8 Å². The summed E-state index contributed by atoms with van der Waals surface area (Å²) >= 11 is 0. The van der Waals surface area contributed by atoms with Crippen LogP contribution in [0.5, 0.6) is 0 Å². The monoisotopic (exact) mass is 216 g/mol. The van der Waals surface area contributed by atoms with E-state index in [-0.39, 0.29) is 24.6 Å². The van der Waals surface area contributed by atoms with Crippen molar-refractivity contribution >= 4 is 17.7 Å². The summed E-state index contributed by atoms with van der Waals surface area (Å²) in [6, 6.07) is 0. The van der Waals surface area contributed by atoms with Gasteiger partial charge in [0.15, 0.2) is 0 Å². The fourth-order valence-electron chi connectivity index (χ4n) is 1.06. The maximum atomic E-state index is 11.1. The van der Waals surface area contributed by atoms with Crippen molar-refractivity contribution in [1.29, 1.82) is 0 Å². The van der Waals surface area contributed by atoms with E-state index < -0.39 is 5.97 Å². The van der Waals surface area contributed by atoms with Crippen molar-refractivity contribution in [2.45, 2.75) is 38.5 Å². The summed E-state index contributed by atoms with van der Waals surface area (Å²) in [4.78, 5) is 31.9. The lowest BCUT2D eigenvalue weighted by atomic mass is 10.1. The number of aliphatic carboxylic acids is 1. The Morgan fingerprint density at radius 3 is 2.13 bits per heavy atom. The Morgan fingerprint density at radius 2 is 1.60 bits per heavy atom. The third kappa shape index (κ3) is 8.93. The molecular weight excluding hydrogens is 200 g/mol. The van der Waals surface area contributed by atoms with Crippen molar-refractivity contribution in [2.75, 3.05) is 7.11 Å². The molecule has 0 radical (unpaired) electrons. The summed E-state index contributed by atoms with van der Waals surface area (Å²) in [6.45, 7) is 0. The molecule has 86 valence electrons. The zero-order chi connectivity index (χ0) is 11.7. The highest BCUT2D eigenvalue weighted by molar-refractivity contribution is 5.82. The molecule has 0 saturated heterocycles. The van der Waals surface area contributed by atoms with Crippen molar-refractivity contribution in [3.05, 3.63) is 0 Å². The number of esters is 1. The Morgan fingerprint density at radius 1 is 1.00 bits per heavy atom. The minimum Gasteiger partial charge on any atom is -0.481 e. The summed E-state index contributed by atoms with van der Waals surface area (Å²) in [6.07, 6.45) is 1.81. The number of carbonyl (C=O) groups excluding carboxylic acids is 2. The van der Waals surface area contributed by atoms with Crippen LogP contribution in [-0.4, -0.2) is 29.9 Å². The van der Waals surface area contributed by atoms with Crippen molar-refractivity contribution < 1.29 is 24.2 Å². The van der Waals surface area contributed by atoms with Crippen LogP contribution in [0.1, 0.15) is 38.5 Å². The topological polar surface area (TPSA) is 80.7 Å². The van der Waals surface area contributed by atoms with Gasteiger partial charge in [-0.3, -0.25) is 14.4 Å². The van der Waals surface area contributed by atoms with Crippen LogP contribution in [0.3, 0.4) is 0 Å². The molecule has 0 aliphatic carbocycles. The number of ether oxygens (including phenoxy) is 1. The number of methoxy groups -OCH3 is 1. The normalized spacial score (nSPS) is 9.67. The lowest BCUT2D eigenvalue weighted by Gasteiger charge is -1.99. The summed E-state index contributed by atoms with van der Waals surface area (Å²) < 4.78 is 4.43. The van der Waals surface area contributed by atoms with Crippen molar-refractivity contribution in [1.82, 2.24) is 0 Å². The van der Waals surface area contributed by atoms with Gasteiger partial charge in [0.2, 0.25) is 0 Å². The van der Waals surface area contributed by atoms with E-state index in [2.05, 4.69) is 4.74 Å². The van der Waals surface area contributed by atoms with Gasteiger partial charge in [-0.2, -0.15) is 0 Å². The number of carboxylic acids is 1.